The van der Waals surface area contributed by atoms with Gasteiger partial charge in [0, 0.05) is 25.2 Å². The number of carbonyl (C=O) groups is 1. The Morgan fingerprint density at radius 1 is 1.17 bits per heavy atom. The Hall–Kier alpha value is -0.610. The monoisotopic (exact) mass is 257 g/mol. The molecule has 1 amide bonds. The normalized spacial score (nSPS) is 15.2. The van der Waals surface area contributed by atoms with Crippen LogP contribution >= 0.6 is 0 Å². The number of hydrogen-bond donors (Lipinski definition) is 2. The van der Waals surface area contributed by atoms with Crippen LogP contribution in [-0.4, -0.2) is 42.0 Å². The van der Waals surface area contributed by atoms with E-state index in [0.717, 1.165) is 13.0 Å². The van der Waals surface area contributed by atoms with Crippen molar-refractivity contribution in [1.82, 2.24) is 10.2 Å². The molecule has 4 nitrogen and oxygen atoms in total. The molecule has 0 aliphatic rings. The van der Waals surface area contributed by atoms with Gasteiger partial charge in [-0.15, -0.1) is 0 Å². The molecule has 0 aromatic rings. The molecule has 0 saturated heterocycles. The molecule has 0 spiro atoms. The summed E-state index contributed by atoms with van der Waals surface area (Å²) >= 11 is 0. The lowest BCUT2D eigenvalue weighted by atomic mass is 9.99. The topological polar surface area (TPSA) is 58.4 Å². The summed E-state index contributed by atoms with van der Waals surface area (Å²) in [4.78, 5) is 14.2. The Bertz CT molecular complexity index is 233. The van der Waals surface area contributed by atoms with Crippen LogP contribution in [0, 0.1) is 5.92 Å². The summed E-state index contributed by atoms with van der Waals surface area (Å²) in [6.45, 7) is 14.3. The third-order valence-electron chi connectivity index (χ3n) is 3.56. The first-order valence-corrected chi connectivity index (χ1v) is 7.10. The maximum atomic E-state index is 11.8. The second-order valence-corrected chi connectivity index (χ2v) is 5.63. The van der Waals surface area contributed by atoms with Crippen LogP contribution in [0.2, 0.25) is 0 Å². The van der Waals surface area contributed by atoms with Crippen molar-refractivity contribution in [3.8, 4) is 0 Å². The van der Waals surface area contributed by atoms with E-state index in [0.29, 0.717) is 18.6 Å². The average Bonchev–Trinajstić information content (AvgIpc) is 2.31. The number of nitrogens with zero attached hydrogens (tertiary/aromatic N) is 1. The molecule has 0 fully saturated rings. The SMILES string of the molecule is CC[C@H](C)[C@H](N)C(=O)NCCN(C(C)C)C(C)C. The molecule has 0 saturated carbocycles. The van der Waals surface area contributed by atoms with E-state index in [1.165, 1.54) is 0 Å². The van der Waals surface area contributed by atoms with Crippen LogP contribution in [0.5, 0.6) is 0 Å². The average molecular weight is 257 g/mol. The zero-order valence-corrected chi connectivity index (χ0v) is 12.9. The van der Waals surface area contributed by atoms with Gasteiger partial charge in [0.05, 0.1) is 6.04 Å². The fraction of sp³-hybridized carbons (Fsp3) is 0.929. The van der Waals surface area contributed by atoms with Gasteiger partial charge in [0.15, 0.2) is 0 Å². The van der Waals surface area contributed by atoms with Gasteiger partial charge in [-0.3, -0.25) is 9.69 Å². The number of nitrogens with two attached hydrogens (primary N) is 1. The van der Waals surface area contributed by atoms with Crippen molar-refractivity contribution < 1.29 is 4.79 Å². The Kier molecular flexibility index (Phi) is 8.20. The molecule has 0 radical (unpaired) electrons. The molecule has 18 heavy (non-hydrogen) atoms. The van der Waals surface area contributed by atoms with Crippen molar-refractivity contribution in [3.05, 3.63) is 0 Å². The van der Waals surface area contributed by atoms with E-state index in [4.69, 9.17) is 5.73 Å². The van der Waals surface area contributed by atoms with E-state index in [2.05, 4.69) is 44.8 Å². The molecule has 0 heterocycles. The minimum absolute atomic E-state index is 0.0307. The first-order chi connectivity index (χ1) is 8.31. The second kappa shape index (κ2) is 8.48. The fourth-order valence-electron chi connectivity index (χ4n) is 2.05. The molecule has 0 aliphatic heterocycles. The van der Waals surface area contributed by atoms with E-state index >= 15 is 0 Å². The van der Waals surface area contributed by atoms with Crippen molar-refractivity contribution >= 4 is 5.91 Å². The molecular weight excluding hydrogens is 226 g/mol. The molecule has 0 rings (SSSR count). The Balaban J connectivity index is 4.06. The molecule has 0 bridgehead atoms. The van der Waals surface area contributed by atoms with E-state index in [-0.39, 0.29) is 17.9 Å². The quantitative estimate of drug-likeness (QED) is 0.694. The third-order valence-corrected chi connectivity index (χ3v) is 3.56. The van der Waals surface area contributed by atoms with Crippen LogP contribution < -0.4 is 11.1 Å². The Morgan fingerprint density at radius 3 is 2.06 bits per heavy atom. The summed E-state index contributed by atoms with van der Waals surface area (Å²) < 4.78 is 0. The lowest BCUT2D eigenvalue weighted by Gasteiger charge is -2.30. The van der Waals surface area contributed by atoms with Crippen molar-refractivity contribution in [2.24, 2.45) is 11.7 Å². The smallest absolute Gasteiger partial charge is 0.237 e. The number of amides is 1. The summed E-state index contributed by atoms with van der Waals surface area (Å²) in [5.74, 6) is 0.202. The highest BCUT2D eigenvalue weighted by Crippen LogP contribution is 2.06. The summed E-state index contributed by atoms with van der Waals surface area (Å²) in [7, 11) is 0. The van der Waals surface area contributed by atoms with Gasteiger partial charge in [-0.2, -0.15) is 0 Å². The highest BCUT2D eigenvalue weighted by molar-refractivity contribution is 5.81. The van der Waals surface area contributed by atoms with E-state index in [9.17, 15) is 4.79 Å². The predicted octanol–water partition coefficient (Wildman–Crippen LogP) is 1.59. The van der Waals surface area contributed by atoms with Crippen LogP contribution in [-0.2, 0) is 4.79 Å². The van der Waals surface area contributed by atoms with Crippen molar-refractivity contribution in [1.29, 1.82) is 0 Å². The van der Waals surface area contributed by atoms with Crippen molar-refractivity contribution in [2.75, 3.05) is 13.1 Å². The molecule has 0 unspecified atom stereocenters. The van der Waals surface area contributed by atoms with Crippen LogP contribution in [0.3, 0.4) is 0 Å². The van der Waals surface area contributed by atoms with Crippen LogP contribution in [0.25, 0.3) is 0 Å². The van der Waals surface area contributed by atoms with Gasteiger partial charge < -0.3 is 11.1 Å². The number of carbonyl (C=O) groups excluding carboxylic acids is 1. The largest absolute Gasteiger partial charge is 0.353 e. The third kappa shape index (κ3) is 5.83. The van der Waals surface area contributed by atoms with Gasteiger partial charge in [0.2, 0.25) is 5.91 Å². The van der Waals surface area contributed by atoms with Gasteiger partial charge in [-0.1, -0.05) is 20.3 Å². The zero-order chi connectivity index (χ0) is 14.3. The van der Waals surface area contributed by atoms with Gasteiger partial charge >= 0.3 is 0 Å². The number of hydrogen-bond acceptors (Lipinski definition) is 3. The van der Waals surface area contributed by atoms with Crippen LogP contribution in [0.15, 0.2) is 0 Å². The molecule has 2 atom stereocenters. The highest BCUT2D eigenvalue weighted by atomic mass is 16.2. The minimum Gasteiger partial charge on any atom is -0.353 e. The molecule has 108 valence electrons. The number of nitrogens with one attached hydrogen (secondary N) is 1. The predicted molar refractivity (Wildman–Crippen MR) is 77.4 cm³/mol. The maximum absolute atomic E-state index is 11.8. The Labute approximate surface area is 112 Å². The lowest BCUT2D eigenvalue weighted by Crippen LogP contribution is -2.48. The van der Waals surface area contributed by atoms with Gasteiger partial charge in [0.25, 0.3) is 0 Å². The summed E-state index contributed by atoms with van der Waals surface area (Å²) in [6, 6.07) is 0.594. The summed E-state index contributed by atoms with van der Waals surface area (Å²) in [5, 5.41) is 2.93. The molecule has 0 aromatic heterocycles. The maximum Gasteiger partial charge on any atom is 0.237 e. The van der Waals surface area contributed by atoms with Gasteiger partial charge in [-0.25, -0.2) is 0 Å². The standard InChI is InChI=1S/C14H31N3O/c1-7-12(6)13(15)14(18)16-8-9-17(10(2)3)11(4)5/h10-13H,7-9,15H2,1-6H3,(H,16,18)/t12-,13-/m0/s1. The second-order valence-electron chi connectivity index (χ2n) is 5.63. The molecular formula is C14H31N3O. The lowest BCUT2D eigenvalue weighted by molar-refractivity contribution is -0.123. The summed E-state index contributed by atoms with van der Waals surface area (Å²) in [6.07, 6.45) is 0.929. The van der Waals surface area contributed by atoms with E-state index in [1.807, 2.05) is 6.92 Å². The van der Waals surface area contributed by atoms with E-state index in [1.54, 1.807) is 0 Å². The van der Waals surface area contributed by atoms with E-state index < -0.39 is 0 Å². The first-order valence-electron chi connectivity index (χ1n) is 7.10. The van der Waals surface area contributed by atoms with Crippen LogP contribution in [0.1, 0.15) is 48.0 Å². The fourth-order valence-corrected chi connectivity index (χ4v) is 2.05. The van der Waals surface area contributed by atoms with Gasteiger partial charge in [0.1, 0.15) is 0 Å². The minimum atomic E-state index is -0.387. The highest BCUT2D eigenvalue weighted by Gasteiger charge is 2.19. The van der Waals surface area contributed by atoms with Crippen LogP contribution in [0.4, 0.5) is 0 Å². The van der Waals surface area contributed by atoms with Gasteiger partial charge in [-0.05, 0) is 33.6 Å². The first kappa shape index (κ1) is 17.4. The molecule has 3 N–H and O–H groups in total. The number of rotatable bonds is 8. The summed E-state index contributed by atoms with van der Waals surface area (Å²) in [5.41, 5.74) is 5.88. The van der Waals surface area contributed by atoms with Crippen molar-refractivity contribution in [2.45, 2.75) is 66.1 Å². The Morgan fingerprint density at radius 2 is 1.67 bits per heavy atom. The zero-order valence-electron chi connectivity index (χ0n) is 12.9. The molecule has 4 heteroatoms. The molecule has 0 aliphatic carbocycles. The van der Waals surface area contributed by atoms with Crippen molar-refractivity contribution in [3.63, 3.8) is 0 Å². The molecule has 0 aromatic carbocycles.